The van der Waals surface area contributed by atoms with Crippen LogP contribution in [-0.4, -0.2) is 18.1 Å². The molecular weight excluding hydrogens is 190 g/mol. The molecule has 0 saturated carbocycles. The smallest absolute Gasteiger partial charge is 0.0412 e. The first-order valence-electron chi connectivity index (χ1n) is 5.15. The molecule has 76 valence electrons. The number of hydrogen-bond donors (Lipinski definition) is 1. The maximum absolute atomic E-state index is 3.56. The molecule has 0 aliphatic carbocycles. The minimum absolute atomic E-state index is 0.563. The van der Waals surface area contributed by atoms with Gasteiger partial charge in [-0.15, -0.1) is 0 Å². The van der Waals surface area contributed by atoms with Crippen LogP contribution in [0.5, 0.6) is 0 Å². The first-order valence-corrected chi connectivity index (χ1v) is 6.31. The van der Waals surface area contributed by atoms with Crippen LogP contribution in [0.4, 0.5) is 0 Å². The highest BCUT2D eigenvalue weighted by molar-refractivity contribution is 7.99. The highest BCUT2D eigenvalue weighted by atomic mass is 32.2. The van der Waals surface area contributed by atoms with Gasteiger partial charge in [0.25, 0.3) is 0 Å². The molecule has 1 atom stereocenters. The second kappa shape index (κ2) is 4.37. The molecule has 2 rings (SSSR count). The Kier molecular flexibility index (Phi) is 3.14. The fourth-order valence-electron chi connectivity index (χ4n) is 1.76. The molecule has 0 radical (unpaired) electrons. The van der Waals surface area contributed by atoms with E-state index in [0.29, 0.717) is 6.04 Å². The summed E-state index contributed by atoms with van der Waals surface area (Å²) in [6.07, 6.45) is 0. The van der Waals surface area contributed by atoms with Crippen molar-refractivity contribution in [3.8, 4) is 0 Å². The molecule has 0 spiro atoms. The minimum atomic E-state index is 0.563. The molecule has 2 heteroatoms. The summed E-state index contributed by atoms with van der Waals surface area (Å²) >= 11 is 2.05. The first kappa shape index (κ1) is 10.1. The molecule has 1 fully saturated rings. The van der Waals surface area contributed by atoms with Crippen LogP contribution in [0.1, 0.15) is 22.7 Å². The van der Waals surface area contributed by atoms with Gasteiger partial charge in [0.1, 0.15) is 0 Å². The van der Waals surface area contributed by atoms with E-state index in [1.54, 1.807) is 0 Å². The van der Waals surface area contributed by atoms with Gasteiger partial charge in [0.05, 0.1) is 0 Å². The van der Waals surface area contributed by atoms with Crippen molar-refractivity contribution >= 4 is 11.8 Å². The number of nitrogens with one attached hydrogen (secondary N) is 1. The van der Waals surface area contributed by atoms with Crippen molar-refractivity contribution in [2.45, 2.75) is 19.9 Å². The molecule has 0 aromatic heterocycles. The molecule has 1 nitrogen and oxygen atoms in total. The van der Waals surface area contributed by atoms with Crippen molar-refractivity contribution in [3.05, 3.63) is 34.9 Å². The fraction of sp³-hybridized carbons (Fsp3) is 0.500. The number of rotatable bonds is 1. The molecule has 1 aromatic rings. The summed E-state index contributed by atoms with van der Waals surface area (Å²) in [5, 5.41) is 3.56. The van der Waals surface area contributed by atoms with Crippen molar-refractivity contribution < 1.29 is 0 Å². The predicted molar refractivity (Wildman–Crippen MR) is 64.0 cm³/mol. The molecular formula is C12H17NS. The fourth-order valence-corrected chi connectivity index (χ4v) is 2.74. The summed E-state index contributed by atoms with van der Waals surface area (Å²) < 4.78 is 0. The third kappa shape index (κ3) is 2.12. The quantitative estimate of drug-likeness (QED) is 0.760. The molecule has 0 bridgehead atoms. The standard InChI is InChI=1S/C12H17NS/c1-9-3-4-11(7-10(9)2)12-8-14-6-5-13-12/h3-4,7,12-13H,5-6,8H2,1-2H3. The maximum Gasteiger partial charge on any atom is 0.0412 e. The molecule has 0 amide bonds. The van der Waals surface area contributed by atoms with Gasteiger partial charge in [-0.3, -0.25) is 0 Å². The molecule has 1 aliphatic rings. The van der Waals surface area contributed by atoms with Crippen LogP contribution >= 0.6 is 11.8 Å². The Morgan fingerprint density at radius 3 is 2.79 bits per heavy atom. The Morgan fingerprint density at radius 2 is 2.14 bits per heavy atom. The largest absolute Gasteiger partial charge is 0.308 e. The van der Waals surface area contributed by atoms with Gasteiger partial charge in [0.2, 0.25) is 0 Å². The van der Waals surface area contributed by atoms with Gasteiger partial charge in [0.15, 0.2) is 0 Å². The lowest BCUT2D eigenvalue weighted by Crippen LogP contribution is -2.30. The van der Waals surface area contributed by atoms with Gasteiger partial charge < -0.3 is 5.32 Å². The molecule has 1 saturated heterocycles. The second-order valence-electron chi connectivity index (χ2n) is 3.93. The second-order valence-corrected chi connectivity index (χ2v) is 5.08. The van der Waals surface area contributed by atoms with Gasteiger partial charge >= 0.3 is 0 Å². The van der Waals surface area contributed by atoms with E-state index in [4.69, 9.17) is 0 Å². The maximum atomic E-state index is 3.56. The summed E-state index contributed by atoms with van der Waals surface area (Å²) in [7, 11) is 0. The predicted octanol–water partition coefficient (Wildman–Crippen LogP) is 2.68. The van der Waals surface area contributed by atoms with Crippen LogP contribution in [0.3, 0.4) is 0 Å². The average Bonchev–Trinajstić information content (AvgIpc) is 2.23. The van der Waals surface area contributed by atoms with Crippen LogP contribution in [-0.2, 0) is 0 Å². The number of aryl methyl sites for hydroxylation is 2. The lowest BCUT2D eigenvalue weighted by molar-refractivity contribution is 0.594. The zero-order valence-electron chi connectivity index (χ0n) is 8.84. The molecule has 14 heavy (non-hydrogen) atoms. The summed E-state index contributed by atoms with van der Waals surface area (Å²) in [5.41, 5.74) is 4.23. The summed E-state index contributed by atoms with van der Waals surface area (Å²) in [4.78, 5) is 0. The lowest BCUT2D eigenvalue weighted by Gasteiger charge is -2.24. The zero-order chi connectivity index (χ0) is 9.97. The molecule has 1 heterocycles. The van der Waals surface area contributed by atoms with E-state index in [9.17, 15) is 0 Å². The van der Waals surface area contributed by atoms with E-state index < -0.39 is 0 Å². The van der Waals surface area contributed by atoms with Crippen LogP contribution in [0.15, 0.2) is 18.2 Å². The number of thioether (sulfide) groups is 1. The van der Waals surface area contributed by atoms with E-state index in [1.165, 1.54) is 28.2 Å². The van der Waals surface area contributed by atoms with Crippen LogP contribution in [0, 0.1) is 13.8 Å². The average molecular weight is 207 g/mol. The summed E-state index contributed by atoms with van der Waals surface area (Å²) in [5.74, 6) is 2.46. The van der Waals surface area contributed by atoms with Crippen molar-refractivity contribution in [1.82, 2.24) is 5.32 Å². The van der Waals surface area contributed by atoms with E-state index in [0.717, 1.165) is 6.54 Å². The topological polar surface area (TPSA) is 12.0 Å². The lowest BCUT2D eigenvalue weighted by atomic mass is 10.0. The number of hydrogen-bond acceptors (Lipinski definition) is 2. The van der Waals surface area contributed by atoms with Gasteiger partial charge in [-0.1, -0.05) is 18.2 Å². The van der Waals surface area contributed by atoms with Crippen molar-refractivity contribution in [2.24, 2.45) is 0 Å². The zero-order valence-corrected chi connectivity index (χ0v) is 9.66. The first-order chi connectivity index (χ1) is 6.77. The van der Waals surface area contributed by atoms with Crippen LogP contribution < -0.4 is 5.32 Å². The van der Waals surface area contributed by atoms with Crippen LogP contribution in [0.25, 0.3) is 0 Å². The summed E-state index contributed by atoms with van der Waals surface area (Å²) in [6, 6.07) is 7.36. The third-order valence-electron chi connectivity index (χ3n) is 2.85. The Balaban J connectivity index is 2.18. The van der Waals surface area contributed by atoms with Gasteiger partial charge in [0, 0.05) is 24.1 Å². The Labute approximate surface area is 90.3 Å². The molecule has 1 aliphatic heterocycles. The van der Waals surface area contributed by atoms with E-state index in [-0.39, 0.29) is 0 Å². The van der Waals surface area contributed by atoms with Crippen molar-refractivity contribution in [1.29, 1.82) is 0 Å². The Hall–Kier alpha value is -0.470. The minimum Gasteiger partial charge on any atom is -0.308 e. The Morgan fingerprint density at radius 1 is 1.29 bits per heavy atom. The van der Waals surface area contributed by atoms with Gasteiger partial charge in [-0.25, -0.2) is 0 Å². The molecule has 1 unspecified atom stereocenters. The normalized spacial score (nSPS) is 22.3. The monoisotopic (exact) mass is 207 g/mol. The SMILES string of the molecule is Cc1ccc(C2CSCCN2)cc1C. The highest BCUT2D eigenvalue weighted by Gasteiger charge is 2.14. The Bertz CT molecular complexity index is 316. The van der Waals surface area contributed by atoms with Gasteiger partial charge in [-0.05, 0) is 30.5 Å². The van der Waals surface area contributed by atoms with Crippen molar-refractivity contribution in [3.63, 3.8) is 0 Å². The van der Waals surface area contributed by atoms with Crippen LogP contribution in [0.2, 0.25) is 0 Å². The van der Waals surface area contributed by atoms with E-state index in [1.807, 2.05) is 11.8 Å². The van der Waals surface area contributed by atoms with E-state index in [2.05, 4.69) is 37.4 Å². The van der Waals surface area contributed by atoms with Crippen molar-refractivity contribution in [2.75, 3.05) is 18.1 Å². The number of benzene rings is 1. The third-order valence-corrected chi connectivity index (χ3v) is 3.92. The van der Waals surface area contributed by atoms with Gasteiger partial charge in [-0.2, -0.15) is 11.8 Å². The van der Waals surface area contributed by atoms with E-state index >= 15 is 0 Å². The highest BCUT2D eigenvalue weighted by Crippen LogP contribution is 2.23. The molecule has 1 aromatic carbocycles. The molecule has 1 N–H and O–H groups in total. The summed E-state index contributed by atoms with van der Waals surface area (Å²) in [6.45, 7) is 5.50.